The van der Waals surface area contributed by atoms with E-state index in [1.54, 1.807) is 0 Å². The molecule has 1 N–H and O–H groups in total. The van der Waals surface area contributed by atoms with Gasteiger partial charge in [0.25, 0.3) is 0 Å². The van der Waals surface area contributed by atoms with Crippen LogP contribution in [-0.4, -0.2) is 33.9 Å². The van der Waals surface area contributed by atoms with Gasteiger partial charge in [-0.3, -0.25) is 0 Å². The fraction of sp³-hybridized carbons (Fsp3) is 0.368. The third-order valence-electron chi connectivity index (χ3n) is 3.67. The summed E-state index contributed by atoms with van der Waals surface area (Å²) in [5.74, 6) is 1.31. The van der Waals surface area contributed by atoms with E-state index < -0.39 is 10.0 Å². The number of hydrogen-bond donors (Lipinski definition) is 1. The maximum Gasteiger partial charge on any atom is 0.215 e. The molecule has 0 aromatic heterocycles. The molecule has 136 valence electrons. The molecular formula is C19H25NO4S. The Bertz CT molecular complexity index is 740. The van der Waals surface area contributed by atoms with Crippen molar-refractivity contribution in [2.75, 3.05) is 25.5 Å². The Kier molecular flexibility index (Phi) is 7.28. The Morgan fingerprint density at radius 2 is 1.44 bits per heavy atom. The molecular weight excluding hydrogens is 338 g/mol. The molecule has 0 atom stereocenters. The van der Waals surface area contributed by atoms with Gasteiger partial charge in [0.15, 0.2) is 0 Å². The largest absolute Gasteiger partial charge is 0.492 e. The summed E-state index contributed by atoms with van der Waals surface area (Å²) in [6.07, 6.45) is 0.962. The van der Waals surface area contributed by atoms with E-state index in [1.807, 2.05) is 55.5 Å². The average molecular weight is 363 g/mol. The SMILES string of the molecule is CCc1ccc(OCCS(=O)(=O)NCCOc2ccc(C)cc2)cc1. The van der Waals surface area contributed by atoms with Crippen molar-refractivity contribution in [3.8, 4) is 11.5 Å². The first-order valence-electron chi connectivity index (χ1n) is 8.37. The van der Waals surface area contributed by atoms with Gasteiger partial charge in [0.2, 0.25) is 10.0 Å². The van der Waals surface area contributed by atoms with Crippen LogP contribution in [-0.2, 0) is 16.4 Å². The number of ether oxygens (including phenoxy) is 2. The second kappa shape index (κ2) is 9.44. The Morgan fingerprint density at radius 3 is 2.04 bits per heavy atom. The summed E-state index contributed by atoms with van der Waals surface area (Å²) in [5, 5.41) is 0. The normalized spacial score (nSPS) is 11.3. The molecule has 0 saturated carbocycles. The van der Waals surface area contributed by atoms with E-state index in [-0.39, 0.29) is 25.5 Å². The van der Waals surface area contributed by atoms with Crippen LogP contribution in [0, 0.1) is 6.92 Å². The highest BCUT2D eigenvalue weighted by atomic mass is 32.2. The number of benzene rings is 2. The first-order chi connectivity index (χ1) is 12.0. The zero-order valence-corrected chi connectivity index (χ0v) is 15.5. The molecule has 2 aromatic carbocycles. The molecule has 0 aliphatic rings. The smallest absolute Gasteiger partial charge is 0.215 e. The van der Waals surface area contributed by atoms with Crippen molar-refractivity contribution in [1.29, 1.82) is 0 Å². The van der Waals surface area contributed by atoms with Gasteiger partial charge in [0, 0.05) is 6.54 Å². The molecule has 2 aromatic rings. The van der Waals surface area contributed by atoms with E-state index in [0.717, 1.165) is 17.7 Å². The fourth-order valence-corrected chi connectivity index (χ4v) is 3.00. The lowest BCUT2D eigenvalue weighted by atomic mass is 10.2. The summed E-state index contributed by atoms with van der Waals surface area (Å²) in [4.78, 5) is 0. The molecule has 25 heavy (non-hydrogen) atoms. The van der Waals surface area contributed by atoms with Gasteiger partial charge < -0.3 is 9.47 Å². The number of rotatable bonds is 10. The summed E-state index contributed by atoms with van der Waals surface area (Å²) in [6.45, 7) is 4.69. The van der Waals surface area contributed by atoms with E-state index in [1.165, 1.54) is 5.56 Å². The second-order valence-electron chi connectivity index (χ2n) is 5.72. The van der Waals surface area contributed by atoms with Crippen molar-refractivity contribution in [2.24, 2.45) is 0 Å². The average Bonchev–Trinajstić information content (AvgIpc) is 2.61. The van der Waals surface area contributed by atoms with Crippen molar-refractivity contribution >= 4 is 10.0 Å². The van der Waals surface area contributed by atoms with Crippen molar-refractivity contribution in [1.82, 2.24) is 4.72 Å². The van der Waals surface area contributed by atoms with Crippen LogP contribution in [0.3, 0.4) is 0 Å². The Labute approximate surface area is 150 Å². The first-order valence-corrected chi connectivity index (χ1v) is 10.0. The molecule has 6 heteroatoms. The van der Waals surface area contributed by atoms with Crippen LogP contribution in [0.1, 0.15) is 18.1 Å². The monoisotopic (exact) mass is 363 g/mol. The second-order valence-corrected chi connectivity index (χ2v) is 7.65. The quantitative estimate of drug-likeness (QED) is 0.659. The lowest BCUT2D eigenvalue weighted by Gasteiger charge is -2.10. The van der Waals surface area contributed by atoms with Crippen LogP contribution in [0.25, 0.3) is 0 Å². The van der Waals surface area contributed by atoms with Gasteiger partial charge >= 0.3 is 0 Å². The Balaban J connectivity index is 1.65. The highest BCUT2D eigenvalue weighted by molar-refractivity contribution is 7.89. The molecule has 0 aliphatic heterocycles. The van der Waals surface area contributed by atoms with E-state index in [0.29, 0.717) is 5.75 Å². The summed E-state index contributed by atoms with van der Waals surface area (Å²) in [7, 11) is -3.38. The summed E-state index contributed by atoms with van der Waals surface area (Å²) < 4.78 is 37.3. The minimum atomic E-state index is -3.38. The third kappa shape index (κ3) is 7.15. The van der Waals surface area contributed by atoms with E-state index in [4.69, 9.17) is 9.47 Å². The first kappa shape index (κ1) is 19.3. The van der Waals surface area contributed by atoms with Crippen LogP contribution < -0.4 is 14.2 Å². The van der Waals surface area contributed by atoms with Crippen LogP contribution in [0.5, 0.6) is 11.5 Å². The minimum absolute atomic E-state index is 0.0902. The number of sulfonamides is 1. The van der Waals surface area contributed by atoms with Crippen molar-refractivity contribution in [3.63, 3.8) is 0 Å². The molecule has 0 aliphatic carbocycles. The highest BCUT2D eigenvalue weighted by Crippen LogP contribution is 2.12. The summed E-state index contributed by atoms with van der Waals surface area (Å²) >= 11 is 0. The van der Waals surface area contributed by atoms with Crippen molar-refractivity contribution < 1.29 is 17.9 Å². The third-order valence-corrected chi connectivity index (χ3v) is 5.01. The van der Waals surface area contributed by atoms with E-state index in [2.05, 4.69) is 11.6 Å². The zero-order valence-electron chi connectivity index (χ0n) is 14.7. The number of hydrogen-bond acceptors (Lipinski definition) is 4. The van der Waals surface area contributed by atoms with Crippen LogP contribution in [0.15, 0.2) is 48.5 Å². The van der Waals surface area contributed by atoms with Gasteiger partial charge in [-0.25, -0.2) is 13.1 Å². The minimum Gasteiger partial charge on any atom is -0.492 e. The highest BCUT2D eigenvalue weighted by Gasteiger charge is 2.10. The molecule has 0 bridgehead atoms. The molecule has 0 saturated heterocycles. The van der Waals surface area contributed by atoms with Crippen molar-refractivity contribution in [2.45, 2.75) is 20.3 Å². The topological polar surface area (TPSA) is 64.6 Å². The molecule has 0 unspecified atom stereocenters. The van der Waals surface area contributed by atoms with Crippen molar-refractivity contribution in [3.05, 3.63) is 59.7 Å². The molecule has 0 heterocycles. The van der Waals surface area contributed by atoms with Gasteiger partial charge in [-0.2, -0.15) is 0 Å². The van der Waals surface area contributed by atoms with Gasteiger partial charge in [-0.15, -0.1) is 0 Å². The lowest BCUT2D eigenvalue weighted by Crippen LogP contribution is -2.32. The number of aryl methyl sites for hydroxylation is 2. The molecule has 2 rings (SSSR count). The summed E-state index contributed by atoms with van der Waals surface area (Å²) in [6, 6.07) is 15.3. The number of nitrogens with one attached hydrogen (secondary N) is 1. The van der Waals surface area contributed by atoms with Crippen LogP contribution in [0.4, 0.5) is 0 Å². The van der Waals surface area contributed by atoms with E-state index in [9.17, 15) is 8.42 Å². The van der Waals surface area contributed by atoms with Gasteiger partial charge in [0.1, 0.15) is 24.7 Å². The molecule has 0 radical (unpaired) electrons. The zero-order chi connectivity index (χ0) is 18.1. The van der Waals surface area contributed by atoms with Gasteiger partial charge in [-0.1, -0.05) is 36.8 Å². The summed E-state index contributed by atoms with van der Waals surface area (Å²) in [5.41, 5.74) is 2.37. The standard InChI is InChI=1S/C19H25NO4S/c1-3-17-6-10-19(11-7-17)24-14-15-25(21,22)20-12-13-23-18-8-4-16(2)5-9-18/h4-11,20H,3,12-15H2,1-2H3. The predicted octanol–water partition coefficient (Wildman–Crippen LogP) is 2.93. The van der Waals surface area contributed by atoms with Crippen LogP contribution in [0.2, 0.25) is 0 Å². The van der Waals surface area contributed by atoms with E-state index >= 15 is 0 Å². The molecule has 0 spiro atoms. The maximum absolute atomic E-state index is 11.9. The molecule has 0 amide bonds. The molecule has 0 fully saturated rings. The van der Waals surface area contributed by atoms with Gasteiger partial charge in [0.05, 0.1) is 5.75 Å². The molecule has 5 nitrogen and oxygen atoms in total. The van der Waals surface area contributed by atoms with Gasteiger partial charge in [-0.05, 0) is 43.2 Å². The maximum atomic E-state index is 11.9. The van der Waals surface area contributed by atoms with Crippen LogP contribution >= 0.6 is 0 Å². The Morgan fingerprint density at radius 1 is 0.880 bits per heavy atom. The Hall–Kier alpha value is -2.05. The predicted molar refractivity (Wildman–Crippen MR) is 99.8 cm³/mol. The fourth-order valence-electron chi connectivity index (χ4n) is 2.16. The lowest BCUT2D eigenvalue weighted by molar-refractivity contribution is 0.321.